The number of benzene rings is 1. The summed E-state index contributed by atoms with van der Waals surface area (Å²) in [7, 11) is 2.16. The molecular formula is C14H19ClN4O6. The summed E-state index contributed by atoms with van der Waals surface area (Å²) in [5.74, 6) is 0.595. The summed E-state index contributed by atoms with van der Waals surface area (Å²) in [6.45, 7) is 0.761. The molecule has 0 spiro atoms. The molecule has 2 rings (SSSR count). The van der Waals surface area contributed by atoms with E-state index in [1.54, 1.807) is 0 Å². The molecule has 0 saturated carbocycles. The molecule has 25 heavy (non-hydrogen) atoms. The molecule has 138 valence electrons. The standard InChI is InChI=1S/C14H19N4O2.ClHO4/c1-18(2,10-11-8-6-5-7-9-11)12-15-13(19-3)17-14(16-12)20-4;2-1(3,4)5/h5-9H,10H2,1-4H3;(H,2,3,4,5)/q+1;/p-1. The van der Waals surface area contributed by atoms with E-state index >= 15 is 0 Å². The highest BCUT2D eigenvalue weighted by molar-refractivity contribution is 5.29. The minimum absolute atomic E-state index is 0.256. The van der Waals surface area contributed by atoms with Gasteiger partial charge < -0.3 is 9.47 Å². The van der Waals surface area contributed by atoms with Crippen LogP contribution in [0.25, 0.3) is 0 Å². The summed E-state index contributed by atoms with van der Waals surface area (Å²) < 4.78 is 44.6. The molecular weight excluding hydrogens is 356 g/mol. The van der Waals surface area contributed by atoms with Gasteiger partial charge in [0.05, 0.1) is 28.3 Å². The third kappa shape index (κ3) is 8.03. The number of quaternary nitrogens is 1. The monoisotopic (exact) mass is 374 g/mol. The second kappa shape index (κ2) is 8.85. The Morgan fingerprint density at radius 2 is 1.32 bits per heavy atom. The predicted octanol–water partition coefficient (Wildman–Crippen LogP) is -3.10. The van der Waals surface area contributed by atoms with Crippen LogP contribution in [0.4, 0.5) is 5.95 Å². The van der Waals surface area contributed by atoms with Crippen LogP contribution in [0.1, 0.15) is 5.56 Å². The third-order valence-corrected chi connectivity index (χ3v) is 2.91. The van der Waals surface area contributed by atoms with Gasteiger partial charge in [0, 0.05) is 5.56 Å². The van der Waals surface area contributed by atoms with Crippen molar-refractivity contribution in [2.24, 2.45) is 0 Å². The fourth-order valence-electron chi connectivity index (χ4n) is 1.89. The molecule has 0 fully saturated rings. The molecule has 1 heterocycles. The molecule has 0 bridgehead atoms. The normalized spacial score (nSPS) is 11.4. The van der Waals surface area contributed by atoms with Crippen molar-refractivity contribution in [3.8, 4) is 12.0 Å². The van der Waals surface area contributed by atoms with Gasteiger partial charge in [-0.3, -0.25) is 4.48 Å². The first-order valence-corrected chi connectivity index (χ1v) is 8.12. The van der Waals surface area contributed by atoms with Gasteiger partial charge >= 0.3 is 18.0 Å². The van der Waals surface area contributed by atoms with Gasteiger partial charge in [-0.15, -0.1) is 25.2 Å². The number of aromatic nitrogens is 3. The third-order valence-electron chi connectivity index (χ3n) is 2.91. The van der Waals surface area contributed by atoms with Crippen LogP contribution in [0.2, 0.25) is 0 Å². The van der Waals surface area contributed by atoms with Crippen molar-refractivity contribution in [3.05, 3.63) is 35.9 Å². The summed E-state index contributed by atoms with van der Waals surface area (Å²) in [6.07, 6.45) is 0. The van der Waals surface area contributed by atoms with Gasteiger partial charge in [-0.2, -0.15) is 0 Å². The number of ether oxygens (including phenoxy) is 2. The lowest BCUT2D eigenvalue weighted by molar-refractivity contribution is -2.00. The maximum absolute atomic E-state index is 8.49. The first kappa shape index (κ1) is 21.0. The van der Waals surface area contributed by atoms with Gasteiger partial charge in [0.15, 0.2) is 0 Å². The van der Waals surface area contributed by atoms with Gasteiger partial charge in [0.2, 0.25) is 0 Å². The minimum Gasteiger partial charge on any atom is -0.466 e. The van der Waals surface area contributed by atoms with E-state index in [0.29, 0.717) is 10.4 Å². The quantitative estimate of drug-likeness (QED) is 0.496. The highest BCUT2D eigenvalue weighted by Gasteiger charge is 2.26. The summed E-state index contributed by atoms with van der Waals surface area (Å²) in [5, 5.41) is 0. The maximum atomic E-state index is 8.49. The van der Waals surface area contributed by atoms with Gasteiger partial charge in [-0.05, 0) is 0 Å². The largest absolute Gasteiger partial charge is 0.466 e. The Morgan fingerprint density at radius 1 is 0.880 bits per heavy atom. The molecule has 11 heteroatoms. The summed E-state index contributed by atoms with van der Waals surface area (Å²) in [4.78, 5) is 12.6. The first-order chi connectivity index (χ1) is 11.5. The highest BCUT2D eigenvalue weighted by atomic mass is 35.7. The zero-order valence-corrected chi connectivity index (χ0v) is 15.0. The van der Waals surface area contributed by atoms with Crippen molar-refractivity contribution in [1.82, 2.24) is 19.4 Å². The van der Waals surface area contributed by atoms with Crippen LogP contribution in [-0.2, 0) is 6.54 Å². The fraction of sp³-hybridized carbons (Fsp3) is 0.357. The smallest absolute Gasteiger partial charge is 0.338 e. The number of halogens is 1. The van der Waals surface area contributed by atoms with Crippen molar-refractivity contribution >= 4 is 5.95 Å². The molecule has 10 nitrogen and oxygen atoms in total. The Hall–Kier alpha value is -2.08. The molecule has 0 aliphatic rings. The van der Waals surface area contributed by atoms with E-state index in [0.717, 1.165) is 6.54 Å². The van der Waals surface area contributed by atoms with Crippen LogP contribution < -0.4 is 32.6 Å². The van der Waals surface area contributed by atoms with Gasteiger partial charge in [0.25, 0.3) is 0 Å². The van der Waals surface area contributed by atoms with Gasteiger partial charge in [0.1, 0.15) is 6.54 Å². The van der Waals surface area contributed by atoms with Crippen molar-refractivity contribution in [2.75, 3.05) is 28.3 Å². The molecule has 0 aliphatic carbocycles. The lowest BCUT2D eigenvalue weighted by Gasteiger charge is -2.26. The number of rotatable bonds is 5. The molecule has 2 aromatic rings. The Morgan fingerprint density at radius 3 is 1.72 bits per heavy atom. The van der Waals surface area contributed by atoms with E-state index in [4.69, 9.17) is 28.1 Å². The minimum atomic E-state index is -4.94. The molecule has 1 aromatic heterocycles. The lowest BCUT2D eigenvalue weighted by atomic mass is 10.2. The maximum Gasteiger partial charge on any atom is 0.338 e. The second-order valence-corrected chi connectivity index (χ2v) is 6.07. The SMILES string of the molecule is COc1nc(OC)nc([N+](C)(C)Cc2ccccc2)n1.[O-][Cl+3]([O-])([O-])[O-]. The highest BCUT2D eigenvalue weighted by Crippen LogP contribution is 2.21. The zero-order chi connectivity index (χ0) is 19.1. The van der Waals surface area contributed by atoms with E-state index < -0.39 is 10.2 Å². The van der Waals surface area contributed by atoms with Crippen LogP contribution in [0.3, 0.4) is 0 Å². The molecule has 1 aromatic carbocycles. The summed E-state index contributed by atoms with van der Waals surface area (Å²) in [5.41, 5.74) is 1.20. The average Bonchev–Trinajstić information content (AvgIpc) is 2.53. The van der Waals surface area contributed by atoms with Crippen LogP contribution >= 0.6 is 0 Å². The van der Waals surface area contributed by atoms with Crippen LogP contribution in [0.5, 0.6) is 12.0 Å². The molecule has 0 radical (unpaired) electrons. The van der Waals surface area contributed by atoms with E-state index in [-0.39, 0.29) is 12.0 Å². The van der Waals surface area contributed by atoms with Crippen molar-refractivity contribution in [2.45, 2.75) is 6.54 Å². The average molecular weight is 375 g/mol. The van der Waals surface area contributed by atoms with E-state index in [1.165, 1.54) is 19.8 Å². The molecule has 0 saturated heterocycles. The van der Waals surface area contributed by atoms with Crippen LogP contribution in [-0.4, -0.2) is 43.3 Å². The first-order valence-electron chi connectivity index (χ1n) is 6.88. The number of hydrogen-bond donors (Lipinski definition) is 0. The van der Waals surface area contributed by atoms with Crippen molar-refractivity contribution < 1.29 is 38.4 Å². The summed E-state index contributed by atoms with van der Waals surface area (Å²) >= 11 is 0. The topological polar surface area (TPSA) is 149 Å². The molecule has 0 atom stereocenters. The predicted molar refractivity (Wildman–Crippen MR) is 76.7 cm³/mol. The molecule has 0 N–H and O–H groups in total. The van der Waals surface area contributed by atoms with Crippen molar-refractivity contribution in [3.63, 3.8) is 0 Å². The Bertz CT molecular complexity index is 638. The Labute approximate surface area is 147 Å². The molecule has 0 amide bonds. The van der Waals surface area contributed by atoms with Crippen LogP contribution in [0.15, 0.2) is 30.3 Å². The molecule has 0 aliphatic heterocycles. The van der Waals surface area contributed by atoms with E-state index in [9.17, 15) is 0 Å². The van der Waals surface area contributed by atoms with E-state index in [2.05, 4.69) is 27.1 Å². The lowest BCUT2D eigenvalue weighted by Crippen LogP contribution is -2.68. The number of hydrogen-bond acceptors (Lipinski definition) is 9. The number of nitrogens with zero attached hydrogens (tertiary/aromatic N) is 4. The van der Waals surface area contributed by atoms with Gasteiger partial charge in [-0.25, -0.2) is 18.6 Å². The Balaban J connectivity index is 0.000000550. The fourth-order valence-corrected chi connectivity index (χ4v) is 1.89. The summed E-state index contributed by atoms with van der Waals surface area (Å²) in [6, 6.07) is 10.7. The molecule has 0 unspecified atom stereocenters. The zero-order valence-electron chi connectivity index (χ0n) is 14.2. The van der Waals surface area contributed by atoms with E-state index in [1.807, 2.05) is 32.3 Å². The number of methoxy groups -OCH3 is 2. The Kier molecular flexibility index (Phi) is 7.42. The van der Waals surface area contributed by atoms with Gasteiger partial charge in [-0.1, -0.05) is 30.3 Å². The van der Waals surface area contributed by atoms with Crippen LogP contribution in [0, 0.1) is 10.2 Å². The van der Waals surface area contributed by atoms with Crippen molar-refractivity contribution in [1.29, 1.82) is 0 Å². The second-order valence-electron chi connectivity index (χ2n) is 5.32.